The summed E-state index contributed by atoms with van der Waals surface area (Å²) in [5.41, 5.74) is 0. The van der Waals surface area contributed by atoms with E-state index in [4.69, 9.17) is 16.3 Å². The van der Waals surface area contributed by atoms with E-state index in [1.54, 1.807) is 24.3 Å². The van der Waals surface area contributed by atoms with Gasteiger partial charge in [-0.2, -0.15) is 0 Å². The van der Waals surface area contributed by atoms with Crippen LogP contribution < -0.4 is 4.74 Å². The molecule has 0 fully saturated rings. The van der Waals surface area contributed by atoms with Gasteiger partial charge in [-0.15, -0.1) is 11.6 Å². The van der Waals surface area contributed by atoms with Crippen LogP contribution in [0.3, 0.4) is 0 Å². The van der Waals surface area contributed by atoms with Crippen molar-refractivity contribution >= 4 is 23.2 Å². The highest BCUT2D eigenvalue weighted by atomic mass is 35.5. The Bertz CT molecular complexity index is 376. The van der Waals surface area contributed by atoms with Gasteiger partial charge < -0.3 is 4.74 Å². The molecule has 0 saturated heterocycles. The highest BCUT2D eigenvalue weighted by Gasteiger charge is 2.22. The summed E-state index contributed by atoms with van der Waals surface area (Å²) in [4.78, 5) is 23.0. The zero-order chi connectivity index (χ0) is 12.7. The highest BCUT2D eigenvalue weighted by Crippen LogP contribution is 2.10. The Morgan fingerprint density at radius 3 is 2.53 bits per heavy atom. The summed E-state index contributed by atoms with van der Waals surface area (Å²) < 4.78 is 5.19. The molecule has 0 aliphatic heterocycles. The summed E-state index contributed by atoms with van der Waals surface area (Å²) >= 11 is 5.78. The molecule has 0 heterocycles. The van der Waals surface area contributed by atoms with E-state index in [-0.39, 0.29) is 6.61 Å². The first-order valence-electron chi connectivity index (χ1n) is 5.54. The van der Waals surface area contributed by atoms with Crippen LogP contribution in [0.25, 0.3) is 0 Å². The first kappa shape index (κ1) is 13.7. The maximum atomic E-state index is 11.5. The zero-order valence-electron chi connectivity index (χ0n) is 9.69. The monoisotopic (exact) mass is 254 g/mol. The molecular formula is C13H15ClO3. The molecule has 1 rings (SSSR count). The summed E-state index contributed by atoms with van der Waals surface area (Å²) in [5.74, 6) is -0.581. The van der Waals surface area contributed by atoms with Gasteiger partial charge in [0.25, 0.3) is 0 Å². The maximum Gasteiger partial charge on any atom is 0.237 e. The molecule has 0 saturated carbocycles. The molecule has 17 heavy (non-hydrogen) atoms. The number of para-hydroxylation sites is 1. The number of alkyl halides is 1. The van der Waals surface area contributed by atoms with Crippen LogP contribution in [0.2, 0.25) is 0 Å². The number of carbonyl (C=O) groups excluding carboxylic acids is 2. The van der Waals surface area contributed by atoms with E-state index in [0.29, 0.717) is 12.2 Å². The molecular weight excluding hydrogens is 240 g/mol. The van der Waals surface area contributed by atoms with E-state index in [2.05, 4.69) is 0 Å². The summed E-state index contributed by atoms with van der Waals surface area (Å²) in [6.45, 7) is 1.66. The van der Waals surface area contributed by atoms with Gasteiger partial charge in [-0.05, 0) is 18.6 Å². The average Bonchev–Trinajstić information content (AvgIpc) is 2.36. The first-order valence-corrected chi connectivity index (χ1v) is 5.97. The average molecular weight is 255 g/mol. The molecule has 0 radical (unpaired) electrons. The van der Waals surface area contributed by atoms with E-state index in [9.17, 15) is 9.59 Å². The fourth-order valence-corrected chi connectivity index (χ4v) is 1.64. The minimum atomic E-state index is -0.730. The third-order valence-corrected chi connectivity index (χ3v) is 2.63. The van der Waals surface area contributed by atoms with Crippen molar-refractivity contribution in [1.29, 1.82) is 0 Å². The van der Waals surface area contributed by atoms with Gasteiger partial charge >= 0.3 is 0 Å². The largest absolute Gasteiger partial charge is 0.485 e. The van der Waals surface area contributed by atoms with E-state index in [1.807, 2.05) is 13.0 Å². The van der Waals surface area contributed by atoms with Crippen LogP contribution in [0.15, 0.2) is 30.3 Å². The molecule has 0 amide bonds. The number of ether oxygens (including phenoxy) is 1. The fraction of sp³-hybridized carbons (Fsp3) is 0.385. The predicted molar refractivity (Wildman–Crippen MR) is 66.5 cm³/mol. The van der Waals surface area contributed by atoms with Gasteiger partial charge in [0, 0.05) is 0 Å². The normalized spacial score (nSPS) is 11.9. The first-order chi connectivity index (χ1) is 8.15. The van der Waals surface area contributed by atoms with Crippen LogP contribution in [-0.4, -0.2) is 23.6 Å². The van der Waals surface area contributed by atoms with Crippen LogP contribution in [-0.2, 0) is 9.59 Å². The summed E-state index contributed by atoms with van der Waals surface area (Å²) in [6.07, 6.45) is 1.28. The zero-order valence-corrected chi connectivity index (χ0v) is 10.4. The lowest BCUT2D eigenvalue weighted by atomic mass is 10.1. The Morgan fingerprint density at radius 1 is 1.29 bits per heavy atom. The van der Waals surface area contributed by atoms with Crippen molar-refractivity contribution in [3.63, 3.8) is 0 Å². The Kier molecular flexibility index (Phi) is 5.70. The number of hydrogen-bond donors (Lipinski definition) is 0. The number of halogens is 1. The van der Waals surface area contributed by atoms with Crippen molar-refractivity contribution in [3.8, 4) is 5.75 Å². The molecule has 0 bridgehead atoms. The molecule has 0 aliphatic carbocycles. The van der Waals surface area contributed by atoms with Gasteiger partial charge in [0.05, 0.1) is 5.38 Å². The van der Waals surface area contributed by atoms with Crippen molar-refractivity contribution in [2.45, 2.75) is 25.1 Å². The van der Waals surface area contributed by atoms with Gasteiger partial charge in [0.15, 0.2) is 6.61 Å². The SMILES string of the molecule is CCCC(Cl)C(=O)C(=O)COc1ccccc1. The van der Waals surface area contributed by atoms with E-state index in [1.165, 1.54) is 0 Å². The molecule has 1 aromatic carbocycles. The number of hydrogen-bond acceptors (Lipinski definition) is 3. The second kappa shape index (κ2) is 7.07. The maximum absolute atomic E-state index is 11.5. The standard InChI is InChI=1S/C13H15ClO3/c1-2-6-11(14)13(16)12(15)9-17-10-7-4-3-5-8-10/h3-5,7-8,11H,2,6,9H2,1H3. The molecule has 4 heteroatoms. The molecule has 0 spiro atoms. The number of Topliss-reactive ketones (excluding diaryl/α,β-unsaturated/α-hetero) is 2. The third-order valence-electron chi connectivity index (χ3n) is 2.21. The quantitative estimate of drug-likeness (QED) is 0.555. The smallest absolute Gasteiger partial charge is 0.237 e. The van der Waals surface area contributed by atoms with Gasteiger partial charge in [0.1, 0.15) is 5.75 Å². The molecule has 1 atom stereocenters. The highest BCUT2D eigenvalue weighted by molar-refractivity contribution is 6.49. The van der Waals surface area contributed by atoms with Gasteiger partial charge in [0.2, 0.25) is 11.6 Å². The van der Waals surface area contributed by atoms with Gasteiger partial charge in [-0.1, -0.05) is 31.5 Å². The van der Waals surface area contributed by atoms with Gasteiger partial charge in [-0.25, -0.2) is 0 Å². The van der Waals surface area contributed by atoms with E-state index in [0.717, 1.165) is 6.42 Å². The Morgan fingerprint density at radius 2 is 1.94 bits per heavy atom. The molecule has 92 valence electrons. The topological polar surface area (TPSA) is 43.4 Å². The number of carbonyl (C=O) groups is 2. The van der Waals surface area contributed by atoms with Crippen molar-refractivity contribution in [2.24, 2.45) is 0 Å². The van der Waals surface area contributed by atoms with Crippen LogP contribution >= 0.6 is 11.6 Å². The van der Waals surface area contributed by atoms with Crippen LogP contribution in [0.5, 0.6) is 5.75 Å². The number of ketones is 2. The Hall–Kier alpha value is -1.35. The molecule has 1 aromatic rings. The third kappa shape index (κ3) is 4.57. The van der Waals surface area contributed by atoms with Gasteiger partial charge in [-0.3, -0.25) is 9.59 Å². The van der Waals surface area contributed by atoms with E-state index < -0.39 is 16.9 Å². The minimum Gasteiger partial charge on any atom is -0.485 e. The summed E-state index contributed by atoms with van der Waals surface area (Å²) in [7, 11) is 0. The number of benzene rings is 1. The molecule has 3 nitrogen and oxygen atoms in total. The van der Waals surface area contributed by atoms with E-state index >= 15 is 0 Å². The second-order valence-electron chi connectivity index (χ2n) is 3.65. The number of rotatable bonds is 7. The van der Waals surface area contributed by atoms with Crippen LogP contribution in [0.1, 0.15) is 19.8 Å². The van der Waals surface area contributed by atoms with Crippen LogP contribution in [0.4, 0.5) is 0 Å². The molecule has 0 N–H and O–H groups in total. The molecule has 1 unspecified atom stereocenters. The van der Waals surface area contributed by atoms with Crippen molar-refractivity contribution in [1.82, 2.24) is 0 Å². The van der Waals surface area contributed by atoms with Crippen LogP contribution in [0, 0.1) is 0 Å². The fourth-order valence-electron chi connectivity index (χ4n) is 1.30. The predicted octanol–water partition coefficient (Wildman–Crippen LogP) is 2.61. The summed E-state index contributed by atoms with van der Waals surface area (Å²) in [6, 6.07) is 8.88. The van der Waals surface area contributed by atoms with Crippen molar-refractivity contribution < 1.29 is 14.3 Å². The van der Waals surface area contributed by atoms with Crippen molar-refractivity contribution in [3.05, 3.63) is 30.3 Å². The lowest BCUT2D eigenvalue weighted by Gasteiger charge is -2.07. The summed E-state index contributed by atoms with van der Waals surface area (Å²) in [5, 5.41) is -0.730. The lowest BCUT2D eigenvalue weighted by Crippen LogP contribution is -2.28. The molecule has 0 aliphatic rings. The minimum absolute atomic E-state index is 0.254. The lowest BCUT2D eigenvalue weighted by molar-refractivity contribution is -0.137. The second-order valence-corrected chi connectivity index (χ2v) is 4.17. The molecule has 0 aromatic heterocycles. The Balaban J connectivity index is 2.42. The Labute approximate surface area is 106 Å². The van der Waals surface area contributed by atoms with Crippen molar-refractivity contribution in [2.75, 3.05) is 6.61 Å².